The maximum absolute atomic E-state index is 11.8. The third kappa shape index (κ3) is 2.91. The molecule has 3 heterocycles. The van der Waals surface area contributed by atoms with Gasteiger partial charge >= 0.3 is 0 Å². The first-order chi connectivity index (χ1) is 11.1. The lowest BCUT2D eigenvalue weighted by Gasteiger charge is -2.35. The van der Waals surface area contributed by atoms with Gasteiger partial charge in [0.15, 0.2) is 5.76 Å². The van der Waals surface area contributed by atoms with Gasteiger partial charge in [0, 0.05) is 26.2 Å². The van der Waals surface area contributed by atoms with Gasteiger partial charge in [-0.3, -0.25) is 4.79 Å². The molecule has 1 atom stereocenters. The lowest BCUT2D eigenvalue weighted by atomic mass is 10.2. The Balaban J connectivity index is 1.76. The number of piperazine rings is 1. The molecule has 2 aromatic heterocycles. The average molecular weight is 316 g/mol. The summed E-state index contributed by atoms with van der Waals surface area (Å²) < 4.78 is 10.9. The highest BCUT2D eigenvalue weighted by atomic mass is 16.4. The summed E-state index contributed by atoms with van der Waals surface area (Å²) in [5.41, 5.74) is 0.187. The van der Waals surface area contributed by atoms with Gasteiger partial charge in [0.25, 0.3) is 11.8 Å². The second-order valence-electron chi connectivity index (χ2n) is 5.25. The van der Waals surface area contributed by atoms with E-state index < -0.39 is 6.10 Å². The smallest absolute Gasteiger partial charge is 0.266 e. The van der Waals surface area contributed by atoms with Crippen LogP contribution in [0.15, 0.2) is 27.2 Å². The lowest BCUT2D eigenvalue weighted by molar-refractivity contribution is -0.139. The van der Waals surface area contributed by atoms with Crippen molar-refractivity contribution in [2.45, 2.75) is 13.0 Å². The summed E-state index contributed by atoms with van der Waals surface area (Å²) in [7, 11) is 0. The van der Waals surface area contributed by atoms with Crippen molar-refractivity contribution < 1.29 is 18.7 Å². The minimum atomic E-state index is -1.01. The minimum absolute atomic E-state index is 0.187. The maximum Gasteiger partial charge on any atom is 0.266 e. The third-order valence-electron chi connectivity index (χ3n) is 3.68. The molecule has 0 saturated carbocycles. The molecule has 1 aliphatic rings. The van der Waals surface area contributed by atoms with Crippen LogP contribution in [-0.2, 0) is 4.79 Å². The number of rotatable bonds is 3. The Morgan fingerprint density at radius 1 is 1.43 bits per heavy atom. The van der Waals surface area contributed by atoms with E-state index in [2.05, 4.69) is 4.98 Å². The highest BCUT2D eigenvalue weighted by Gasteiger charge is 2.28. The lowest BCUT2D eigenvalue weighted by Crippen LogP contribution is -2.51. The molecule has 0 aliphatic carbocycles. The zero-order valence-electron chi connectivity index (χ0n) is 12.6. The van der Waals surface area contributed by atoms with Crippen LogP contribution in [0.4, 0.5) is 5.88 Å². The number of aliphatic hydroxyl groups is 1. The number of anilines is 1. The zero-order chi connectivity index (χ0) is 16.4. The van der Waals surface area contributed by atoms with Gasteiger partial charge in [-0.15, -0.1) is 0 Å². The first-order valence-electron chi connectivity index (χ1n) is 7.26. The zero-order valence-corrected chi connectivity index (χ0v) is 12.6. The summed E-state index contributed by atoms with van der Waals surface area (Å²) in [5.74, 6) is 0.793. The summed E-state index contributed by atoms with van der Waals surface area (Å²) >= 11 is 0. The van der Waals surface area contributed by atoms with Crippen LogP contribution >= 0.6 is 0 Å². The minimum Gasteiger partial charge on any atom is -0.459 e. The van der Waals surface area contributed by atoms with Crippen molar-refractivity contribution in [1.29, 1.82) is 5.26 Å². The molecule has 1 N–H and O–H groups in total. The fourth-order valence-electron chi connectivity index (χ4n) is 2.50. The van der Waals surface area contributed by atoms with Crippen LogP contribution in [0.1, 0.15) is 12.6 Å². The Kier molecular flexibility index (Phi) is 4.04. The summed E-state index contributed by atoms with van der Waals surface area (Å²) in [5, 5.41) is 18.6. The second kappa shape index (κ2) is 6.14. The molecule has 8 heteroatoms. The predicted octanol–water partition coefficient (Wildman–Crippen LogP) is 0.836. The van der Waals surface area contributed by atoms with Crippen LogP contribution in [-0.4, -0.2) is 53.2 Å². The maximum atomic E-state index is 11.8. The molecule has 2 aromatic rings. The second-order valence-corrected chi connectivity index (χ2v) is 5.25. The number of carbonyl (C=O) groups excluding carboxylic acids is 1. The number of furan rings is 1. The van der Waals surface area contributed by atoms with Gasteiger partial charge in [-0.05, 0) is 19.1 Å². The van der Waals surface area contributed by atoms with Crippen LogP contribution in [0.3, 0.4) is 0 Å². The van der Waals surface area contributed by atoms with Crippen LogP contribution in [0.25, 0.3) is 11.7 Å². The van der Waals surface area contributed by atoms with E-state index in [1.807, 2.05) is 11.0 Å². The molecule has 1 unspecified atom stereocenters. The average Bonchev–Trinajstić information content (AvgIpc) is 3.23. The molecule has 0 spiro atoms. The Hall–Kier alpha value is -2.79. The highest BCUT2D eigenvalue weighted by Crippen LogP contribution is 2.29. The summed E-state index contributed by atoms with van der Waals surface area (Å²) in [6.45, 7) is 3.35. The number of oxazole rings is 1. The van der Waals surface area contributed by atoms with Crippen LogP contribution in [0.2, 0.25) is 0 Å². The SMILES string of the molecule is CC(O)C(=O)N1CCN(c2oc(-c3ccco3)nc2C#N)CC1. The quantitative estimate of drug-likeness (QED) is 0.894. The molecule has 1 amide bonds. The van der Waals surface area contributed by atoms with Crippen molar-refractivity contribution in [2.24, 2.45) is 0 Å². The molecule has 0 aromatic carbocycles. The van der Waals surface area contributed by atoms with Gasteiger partial charge in [-0.25, -0.2) is 0 Å². The number of hydrogen-bond donors (Lipinski definition) is 1. The van der Waals surface area contributed by atoms with Crippen molar-refractivity contribution in [3.05, 3.63) is 24.1 Å². The van der Waals surface area contributed by atoms with Crippen molar-refractivity contribution in [1.82, 2.24) is 9.88 Å². The summed E-state index contributed by atoms with van der Waals surface area (Å²) in [4.78, 5) is 19.4. The van der Waals surface area contributed by atoms with Crippen LogP contribution in [0.5, 0.6) is 0 Å². The van der Waals surface area contributed by atoms with Gasteiger partial charge in [-0.1, -0.05) is 0 Å². The van der Waals surface area contributed by atoms with E-state index in [4.69, 9.17) is 8.83 Å². The number of nitriles is 1. The topological polar surface area (TPSA) is 107 Å². The summed E-state index contributed by atoms with van der Waals surface area (Å²) in [6, 6.07) is 5.44. The number of aromatic nitrogens is 1. The molecule has 8 nitrogen and oxygen atoms in total. The Bertz CT molecular complexity index is 721. The third-order valence-corrected chi connectivity index (χ3v) is 3.68. The predicted molar refractivity (Wildman–Crippen MR) is 79.4 cm³/mol. The largest absolute Gasteiger partial charge is 0.459 e. The Labute approximate surface area is 132 Å². The molecule has 1 saturated heterocycles. The van der Waals surface area contributed by atoms with Gasteiger partial charge in [0.05, 0.1) is 6.26 Å². The van der Waals surface area contributed by atoms with Gasteiger partial charge < -0.3 is 23.7 Å². The van der Waals surface area contributed by atoms with E-state index >= 15 is 0 Å². The Morgan fingerprint density at radius 2 is 2.17 bits per heavy atom. The molecule has 1 fully saturated rings. The van der Waals surface area contributed by atoms with Crippen molar-refractivity contribution in [3.63, 3.8) is 0 Å². The van der Waals surface area contributed by atoms with Gasteiger partial charge in [0.2, 0.25) is 11.6 Å². The molecular weight excluding hydrogens is 300 g/mol. The standard InChI is InChI=1S/C15H16N4O4/c1-10(20)14(21)18-4-6-19(7-5-18)15-11(9-16)17-13(23-15)12-3-2-8-22-12/h2-3,8,10,20H,4-7H2,1H3. The summed E-state index contributed by atoms with van der Waals surface area (Å²) in [6.07, 6.45) is 0.498. The number of aliphatic hydroxyl groups excluding tert-OH is 1. The van der Waals surface area contributed by atoms with E-state index in [0.29, 0.717) is 37.8 Å². The van der Waals surface area contributed by atoms with E-state index in [0.717, 1.165) is 0 Å². The molecule has 0 radical (unpaired) electrons. The van der Waals surface area contributed by atoms with Crippen LogP contribution < -0.4 is 4.90 Å². The fourth-order valence-corrected chi connectivity index (χ4v) is 2.50. The number of hydrogen-bond acceptors (Lipinski definition) is 7. The number of carbonyl (C=O) groups is 1. The first kappa shape index (κ1) is 15.1. The normalized spacial score (nSPS) is 16.2. The molecule has 23 heavy (non-hydrogen) atoms. The van der Waals surface area contributed by atoms with Gasteiger partial charge in [-0.2, -0.15) is 10.2 Å². The number of nitrogens with zero attached hydrogens (tertiary/aromatic N) is 4. The van der Waals surface area contributed by atoms with Crippen LogP contribution in [0, 0.1) is 11.3 Å². The molecule has 1 aliphatic heterocycles. The number of amides is 1. The molecule has 3 rings (SSSR count). The van der Waals surface area contributed by atoms with E-state index in [1.165, 1.54) is 13.2 Å². The monoisotopic (exact) mass is 316 g/mol. The van der Waals surface area contributed by atoms with Crippen molar-refractivity contribution in [3.8, 4) is 17.7 Å². The van der Waals surface area contributed by atoms with E-state index in [-0.39, 0.29) is 17.5 Å². The molecule has 0 bridgehead atoms. The highest BCUT2D eigenvalue weighted by molar-refractivity contribution is 5.80. The van der Waals surface area contributed by atoms with E-state index in [1.54, 1.807) is 17.0 Å². The fraction of sp³-hybridized carbons (Fsp3) is 0.400. The molecular formula is C15H16N4O4. The van der Waals surface area contributed by atoms with Crippen molar-refractivity contribution >= 4 is 11.8 Å². The van der Waals surface area contributed by atoms with E-state index in [9.17, 15) is 15.2 Å². The first-order valence-corrected chi connectivity index (χ1v) is 7.26. The molecule has 120 valence electrons. The van der Waals surface area contributed by atoms with Crippen molar-refractivity contribution in [2.75, 3.05) is 31.1 Å². The Morgan fingerprint density at radius 3 is 2.74 bits per heavy atom. The van der Waals surface area contributed by atoms with Gasteiger partial charge in [0.1, 0.15) is 12.2 Å².